The van der Waals surface area contributed by atoms with E-state index in [1.54, 1.807) is 0 Å². The molecule has 0 spiro atoms. The van der Waals surface area contributed by atoms with Gasteiger partial charge in [-0.1, -0.05) is 6.42 Å². The first-order chi connectivity index (χ1) is 7.42. The molecule has 0 aromatic heterocycles. The van der Waals surface area contributed by atoms with Crippen molar-refractivity contribution >= 4 is 0 Å². The molecule has 0 radical (unpaired) electrons. The number of fused-ring (bicyclic) bond motifs is 1. The Bertz CT molecular complexity index is 213. The summed E-state index contributed by atoms with van der Waals surface area (Å²) >= 11 is 0. The average molecular weight is 208 g/mol. The van der Waals surface area contributed by atoms with Gasteiger partial charge in [0.1, 0.15) is 0 Å². The Hall–Kier alpha value is -0.0800. The van der Waals surface area contributed by atoms with Crippen LogP contribution in [0.25, 0.3) is 0 Å². The minimum Gasteiger partial charge on any atom is -0.314 e. The normalized spacial score (nSPS) is 37.6. The van der Waals surface area contributed by atoms with Crippen molar-refractivity contribution in [3.05, 3.63) is 0 Å². The van der Waals surface area contributed by atoms with Crippen LogP contribution < -0.4 is 5.32 Å². The number of hydrogen-bond donors (Lipinski definition) is 1. The van der Waals surface area contributed by atoms with E-state index in [0.29, 0.717) is 0 Å². The van der Waals surface area contributed by atoms with Crippen LogP contribution in [-0.4, -0.2) is 36.6 Å². The summed E-state index contributed by atoms with van der Waals surface area (Å²) in [5, 5.41) is 3.81. The predicted octanol–water partition coefficient (Wildman–Crippen LogP) is 2.00. The average Bonchev–Trinajstić information content (AvgIpc) is 2.62. The fourth-order valence-corrected chi connectivity index (χ4v) is 3.44. The summed E-state index contributed by atoms with van der Waals surface area (Å²) in [4.78, 5) is 2.71. The van der Waals surface area contributed by atoms with E-state index in [0.717, 1.165) is 18.0 Å². The van der Waals surface area contributed by atoms with Crippen molar-refractivity contribution in [2.45, 2.75) is 57.0 Å². The van der Waals surface area contributed by atoms with E-state index in [4.69, 9.17) is 0 Å². The smallest absolute Gasteiger partial charge is 0.0111 e. The molecule has 1 saturated carbocycles. The predicted molar refractivity (Wildman–Crippen MR) is 63.0 cm³/mol. The van der Waals surface area contributed by atoms with Crippen molar-refractivity contribution in [2.75, 3.05) is 19.6 Å². The lowest BCUT2D eigenvalue weighted by Crippen LogP contribution is -2.47. The SMILES string of the molecule is C1CC(CNC2CCN3CCCC3C2)C1. The molecule has 2 atom stereocenters. The Morgan fingerprint density at radius 2 is 1.93 bits per heavy atom. The highest BCUT2D eigenvalue weighted by Crippen LogP contribution is 2.28. The van der Waals surface area contributed by atoms with Crippen molar-refractivity contribution in [3.63, 3.8) is 0 Å². The van der Waals surface area contributed by atoms with Gasteiger partial charge in [-0.25, -0.2) is 0 Å². The van der Waals surface area contributed by atoms with Gasteiger partial charge in [0.05, 0.1) is 0 Å². The zero-order valence-electron chi connectivity index (χ0n) is 9.75. The molecule has 2 aliphatic heterocycles. The van der Waals surface area contributed by atoms with Gasteiger partial charge in [0.2, 0.25) is 0 Å². The van der Waals surface area contributed by atoms with E-state index in [1.165, 1.54) is 64.6 Å². The highest BCUT2D eigenvalue weighted by atomic mass is 15.2. The lowest BCUT2D eigenvalue weighted by atomic mass is 9.85. The summed E-state index contributed by atoms with van der Waals surface area (Å²) in [6.07, 6.45) is 10.2. The first-order valence-electron chi connectivity index (χ1n) is 6.89. The molecule has 3 fully saturated rings. The molecular formula is C13H24N2. The van der Waals surface area contributed by atoms with Gasteiger partial charge in [0, 0.05) is 12.1 Å². The highest BCUT2D eigenvalue weighted by Gasteiger charge is 2.31. The molecular weight excluding hydrogens is 184 g/mol. The summed E-state index contributed by atoms with van der Waals surface area (Å²) in [6, 6.07) is 1.77. The van der Waals surface area contributed by atoms with Crippen LogP contribution in [0.15, 0.2) is 0 Å². The fourth-order valence-electron chi connectivity index (χ4n) is 3.44. The summed E-state index contributed by atoms with van der Waals surface area (Å²) in [5.41, 5.74) is 0. The topological polar surface area (TPSA) is 15.3 Å². The second-order valence-corrected chi connectivity index (χ2v) is 5.76. The lowest BCUT2D eigenvalue weighted by Gasteiger charge is -2.36. The van der Waals surface area contributed by atoms with E-state index in [2.05, 4.69) is 10.2 Å². The van der Waals surface area contributed by atoms with Crippen LogP contribution in [0.1, 0.15) is 44.9 Å². The van der Waals surface area contributed by atoms with Crippen LogP contribution in [0.3, 0.4) is 0 Å². The van der Waals surface area contributed by atoms with E-state index >= 15 is 0 Å². The van der Waals surface area contributed by atoms with E-state index < -0.39 is 0 Å². The van der Waals surface area contributed by atoms with Crippen LogP contribution in [0.4, 0.5) is 0 Å². The molecule has 2 unspecified atom stereocenters. The summed E-state index contributed by atoms with van der Waals surface area (Å²) < 4.78 is 0. The second kappa shape index (κ2) is 4.42. The first-order valence-corrected chi connectivity index (χ1v) is 6.89. The van der Waals surface area contributed by atoms with Crippen molar-refractivity contribution < 1.29 is 0 Å². The Labute approximate surface area is 93.4 Å². The van der Waals surface area contributed by atoms with Gasteiger partial charge < -0.3 is 10.2 Å². The van der Waals surface area contributed by atoms with Gasteiger partial charge in [-0.3, -0.25) is 0 Å². The lowest BCUT2D eigenvalue weighted by molar-refractivity contribution is 0.159. The molecule has 86 valence electrons. The summed E-state index contributed by atoms with van der Waals surface area (Å²) in [5.74, 6) is 1.02. The van der Waals surface area contributed by atoms with Crippen LogP contribution in [0.2, 0.25) is 0 Å². The molecule has 1 aliphatic carbocycles. The Morgan fingerprint density at radius 3 is 2.73 bits per heavy atom. The molecule has 1 N–H and O–H groups in total. The van der Waals surface area contributed by atoms with Gasteiger partial charge >= 0.3 is 0 Å². The highest BCUT2D eigenvalue weighted by molar-refractivity contribution is 4.89. The number of rotatable bonds is 3. The van der Waals surface area contributed by atoms with E-state index in [9.17, 15) is 0 Å². The molecule has 0 amide bonds. The zero-order valence-corrected chi connectivity index (χ0v) is 9.75. The Morgan fingerprint density at radius 1 is 1.00 bits per heavy atom. The van der Waals surface area contributed by atoms with Crippen LogP contribution in [0, 0.1) is 5.92 Å². The zero-order chi connectivity index (χ0) is 10.1. The molecule has 3 rings (SSSR count). The minimum absolute atomic E-state index is 0.838. The second-order valence-electron chi connectivity index (χ2n) is 5.76. The standard InChI is InChI=1S/C13H24N2/c1-3-11(4-1)10-14-12-6-8-15-7-2-5-13(15)9-12/h11-14H,1-10H2. The van der Waals surface area contributed by atoms with Crippen molar-refractivity contribution in [3.8, 4) is 0 Å². The molecule has 2 heteroatoms. The molecule has 3 aliphatic rings. The molecule has 0 aromatic carbocycles. The maximum absolute atomic E-state index is 3.81. The molecule has 0 aromatic rings. The molecule has 15 heavy (non-hydrogen) atoms. The van der Waals surface area contributed by atoms with Crippen LogP contribution in [0.5, 0.6) is 0 Å². The van der Waals surface area contributed by atoms with Gasteiger partial charge in [-0.2, -0.15) is 0 Å². The van der Waals surface area contributed by atoms with Crippen molar-refractivity contribution in [1.29, 1.82) is 0 Å². The maximum Gasteiger partial charge on any atom is 0.0111 e. The van der Waals surface area contributed by atoms with E-state index in [-0.39, 0.29) is 0 Å². The summed E-state index contributed by atoms with van der Waals surface area (Å²) in [7, 11) is 0. The molecule has 2 nitrogen and oxygen atoms in total. The largest absolute Gasteiger partial charge is 0.314 e. The number of nitrogens with one attached hydrogen (secondary N) is 1. The fraction of sp³-hybridized carbons (Fsp3) is 1.00. The number of nitrogens with zero attached hydrogens (tertiary/aromatic N) is 1. The van der Waals surface area contributed by atoms with Crippen LogP contribution >= 0.6 is 0 Å². The number of piperidine rings is 1. The third kappa shape index (κ3) is 2.21. The van der Waals surface area contributed by atoms with Gasteiger partial charge in [0.15, 0.2) is 0 Å². The van der Waals surface area contributed by atoms with E-state index in [1.807, 2.05) is 0 Å². The third-order valence-corrected chi connectivity index (χ3v) is 4.74. The maximum atomic E-state index is 3.81. The monoisotopic (exact) mass is 208 g/mol. The Kier molecular flexibility index (Phi) is 2.98. The summed E-state index contributed by atoms with van der Waals surface area (Å²) in [6.45, 7) is 4.03. The minimum atomic E-state index is 0.838. The third-order valence-electron chi connectivity index (χ3n) is 4.74. The van der Waals surface area contributed by atoms with Gasteiger partial charge in [-0.15, -0.1) is 0 Å². The molecule has 0 bridgehead atoms. The van der Waals surface area contributed by atoms with Crippen LogP contribution in [-0.2, 0) is 0 Å². The molecule has 2 heterocycles. The number of hydrogen-bond acceptors (Lipinski definition) is 2. The van der Waals surface area contributed by atoms with Crippen molar-refractivity contribution in [2.24, 2.45) is 5.92 Å². The van der Waals surface area contributed by atoms with Gasteiger partial charge in [-0.05, 0) is 64.1 Å². The molecule has 2 saturated heterocycles. The first kappa shape index (κ1) is 10.1. The quantitative estimate of drug-likeness (QED) is 0.763. The Balaban J connectivity index is 1.42. The van der Waals surface area contributed by atoms with Gasteiger partial charge in [0.25, 0.3) is 0 Å². The van der Waals surface area contributed by atoms with Crippen molar-refractivity contribution in [1.82, 2.24) is 10.2 Å².